The van der Waals surface area contributed by atoms with Crippen molar-refractivity contribution in [2.24, 2.45) is 5.10 Å². The van der Waals surface area contributed by atoms with Crippen LogP contribution in [-0.2, 0) is 6.61 Å². The van der Waals surface area contributed by atoms with Gasteiger partial charge in [0.2, 0.25) is 0 Å². The van der Waals surface area contributed by atoms with Crippen LogP contribution in [0.4, 0.5) is 5.69 Å². The van der Waals surface area contributed by atoms with Crippen LogP contribution in [0.15, 0.2) is 70.2 Å². The molecular weight excluding hydrogens is 494 g/mol. The van der Waals surface area contributed by atoms with E-state index in [0.717, 1.165) is 10.0 Å². The Balaban J connectivity index is 1.64. The molecule has 0 saturated heterocycles. The number of hydrazone groups is 1. The zero-order valence-electron chi connectivity index (χ0n) is 17.8. The quantitative estimate of drug-likeness (QED) is 0.251. The number of hydrogen-bond donors (Lipinski definition) is 1. The van der Waals surface area contributed by atoms with Gasteiger partial charge in [0.1, 0.15) is 12.4 Å². The van der Waals surface area contributed by atoms with Crippen molar-refractivity contribution < 1.29 is 23.9 Å². The smallest absolute Gasteiger partial charge is 0.275 e. The number of ether oxygens (including phenoxy) is 3. The number of nitro groups is 1. The average molecular weight is 514 g/mol. The second-order valence-electron chi connectivity index (χ2n) is 6.67. The zero-order valence-corrected chi connectivity index (χ0v) is 19.4. The van der Waals surface area contributed by atoms with Crippen molar-refractivity contribution in [1.82, 2.24) is 5.43 Å². The Hall–Kier alpha value is -3.92. The van der Waals surface area contributed by atoms with Gasteiger partial charge in [0.05, 0.1) is 30.9 Å². The molecule has 3 rings (SSSR count). The van der Waals surface area contributed by atoms with Gasteiger partial charge >= 0.3 is 0 Å². The number of benzene rings is 3. The predicted octanol–water partition coefficient (Wildman–Crippen LogP) is 4.72. The van der Waals surface area contributed by atoms with Crippen molar-refractivity contribution in [1.29, 1.82) is 0 Å². The SMILES string of the molecule is COc1cc(/C=N\NC(=O)c2cc(Br)ccc2OC)ccc1OCc1ccc([N+](=O)[O-])cc1. The summed E-state index contributed by atoms with van der Waals surface area (Å²) in [6, 6.07) is 16.4. The molecule has 0 heterocycles. The third-order valence-electron chi connectivity index (χ3n) is 4.52. The molecule has 1 amide bonds. The van der Waals surface area contributed by atoms with E-state index < -0.39 is 10.8 Å². The Morgan fingerprint density at radius 1 is 1.03 bits per heavy atom. The third-order valence-corrected chi connectivity index (χ3v) is 5.01. The summed E-state index contributed by atoms with van der Waals surface area (Å²) in [5, 5.41) is 14.7. The van der Waals surface area contributed by atoms with Crippen LogP contribution in [0.25, 0.3) is 0 Å². The summed E-state index contributed by atoms with van der Waals surface area (Å²) in [5.41, 5.74) is 4.29. The average Bonchev–Trinajstić information content (AvgIpc) is 2.83. The molecular formula is C23H20BrN3O6. The Morgan fingerprint density at radius 3 is 2.39 bits per heavy atom. The van der Waals surface area contributed by atoms with Gasteiger partial charge in [-0.15, -0.1) is 0 Å². The first-order valence-corrected chi connectivity index (χ1v) is 10.4. The lowest BCUT2D eigenvalue weighted by Crippen LogP contribution is -2.18. The van der Waals surface area contributed by atoms with E-state index in [1.807, 2.05) is 0 Å². The summed E-state index contributed by atoms with van der Waals surface area (Å²) >= 11 is 3.33. The van der Waals surface area contributed by atoms with Crippen LogP contribution >= 0.6 is 15.9 Å². The highest BCUT2D eigenvalue weighted by Gasteiger charge is 2.12. The fourth-order valence-electron chi connectivity index (χ4n) is 2.84. The van der Waals surface area contributed by atoms with Gasteiger partial charge in [0.15, 0.2) is 11.5 Å². The van der Waals surface area contributed by atoms with Gasteiger partial charge in [-0.2, -0.15) is 5.10 Å². The highest BCUT2D eigenvalue weighted by atomic mass is 79.9. The fraction of sp³-hybridized carbons (Fsp3) is 0.130. The minimum atomic E-state index is -0.453. The largest absolute Gasteiger partial charge is 0.496 e. The molecule has 0 bridgehead atoms. The molecule has 0 aliphatic rings. The lowest BCUT2D eigenvalue weighted by Gasteiger charge is -2.11. The third kappa shape index (κ3) is 6.30. The summed E-state index contributed by atoms with van der Waals surface area (Å²) in [4.78, 5) is 22.7. The number of non-ortho nitro benzene ring substituents is 1. The highest BCUT2D eigenvalue weighted by molar-refractivity contribution is 9.10. The van der Waals surface area contributed by atoms with Crippen LogP contribution in [0.3, 0.4) is 0 Å². The van der Waals surface area contributed by atoms with Crippen molar-refractivity contribution in [2.75, 3.05) is 14.2 Å². The number of nitro benzene ring substituents is 1. The Kier molecular flexibility index (Phi) is 7.98. The minimum absolute atomic E-state index is 0.0189. The van der Waals surface area contributed by atoms with E-state index in [1.165, 1.54) is 32.6 Å². The van der Waals surface area contributed by atoms with Crippen LogP contribution in [0.5, 0.6) is 17.2 Å². The van der Waals surface area contributed by atoms with E-state index in [9.17, 15) is 14.9 Å². The predicted molar refractivity (Wildman–Crippen MR) is 126 cm³/mol. The molecule has 0 atom stereocenters. The van der Waals surface area contributed by atoms with Gasteiger partial charge in [0.25, 0.3) is 11.6 Å². The maximum Gasteiger partial charge on any atom is 0.275 e. The maximum absolute atomic E-state index is 12.4. The highest BCUT2D eigenvalue weighted by Crippen LogP contribution is 2.28. The summed E-state index contributed by atoms with van der Waals surface area (Å²) in [6.07, 6.45) is 1.48. The molecule has 10 heteroatoms. The number of methoxy groups -OCH3 is 2. The van der Waals surface area contributed by atoms with E-state index in [-0.39, 0.29) is 12.3 Å². The molecule has 0 aliphatic heterocycles. The first-order chi connectivity index (χ1) is 15.9. The Labute approximate surface area is 198 Å². The van der Waals surface area contributed by atoms with E-state index in [4.69, 9.17) is 14.2 Å². The topological polar surface area (TPSA) is 112 Å². The van der Waals surface area contributed by atoms with Crippen LogP contribution in [0, 0.1) is 10.1 Å². The van der Waals surface area contributed by atoms with Crippen molar-refractivity contribution in [3.8, 4) is 17.2 Å². The van der Waals surface area contributed by atoms with Crippen molar-refractivity contribution in [3.63, 3.8) is 0 Å². The summed E-state index contributed by atoms with van der Waals surface area (Å²) in [5.74, 6) is 0.985. The molecule has 0 spiro atoms. The number of nitrogens with one attached hydrogen (secondary N) is 1. The molecule has 0 aliphatic carbocycles. The lowest BCUT2D eigenvalue weighted by molar-refractivity contribution is -0.384. The minimum Gasteiger partial charge on any atom is -0.496 e. The maximum atomic E-state index is 12.4. The molecule has 9 nitrogen and oxygen atoms in total. The van der Waals surface area contributed by atoms with Gasteiger partial charge in [-0.05, 0) is 59.7 Å². The van der Waals surface area contributed by atoms with E-state index in [0.29, 0.717) is 28.4 Å². The van der Waals surface area contributed by atoms with Gasteiger partial charge in [-0.3, -0.25) is 14.9 Å². The van der Waals surface area contributed by atoms with E-state index in [1.54, 1.807) is 48.5 Å². The van der Waals surface area contributed by atoms with E-state index in [2.05, 4.69) is 26.5 Å². The first-order valence-electron chi connectivity index (χ1n) is 9.62. The van der Waals surface area contributed by atoms with Crippen LogP contribution in [0.1, 0.15) is 21.5 Å². The normalized spacial score (nSPS) is 10.6. The van der Waals surface area contributed by atoms with E-state index >= 15 is 0 Å². The summed E-state index contributed by atoms with van der Waals surface area (Å²) in [6.45, 7) is 0.215. The molecule has 0 radical (unpaired) electrons. The zero-order chi connectivity index (χ0) is 23.8. The number of hydrogen-bond acceptors (Lipinski definition) is 7. The van der Waals surface area contributed by atoms with Gasteiger partial charge in [-0.1, -0.05) is 15.9 Å². The van der Waals surface area contributed by atoms with Crippen molar-refractivity contribution in [2.45, 2.75) is 6.61 Å². The number of carbonyl (C=O) groups excluding carboxylic acids is 1. The molecule has 33 heavy (non-hydrogen) atoms. The van der Waals surface area contributed by atoms with Gasteiger partial charge in [0, 0.05) is 16.6 Å². The number of rotatable bonds is 9. The lowest BCUT2D eigenvalue weighted by atomic mass is 10.2. The number of halogens is 1. The molecule has 3 aromatic rings. The second-order valence-corrected chi connectivity index (χ2v) is 7.58. The monoisotopic (exact) mass is 513 g/mol. The molecule has 0 aromatic heterocycles. The molecule has 0 unspecified atom stereocenters. The molecule has 0 fully saturated rings. The standard InChI is InChI=1S/C23H20BrN3O6/c1-31-20-10-6-17(24)12-19(20)23(28)26-25-13-16-5-9-21(22(11-16)32-2)33-14-15-3-7-18(8-4-15)27(29)30/h3-13H,14H2,1-2H3,(H,26,28)/b25-13-. The molecule has 170 valence electrons. The number of amides is 1. The Morgan fingerprint density at radius 2 is 1.73 bits per heavy atom. The second kappa shape index (κ2) is 11.1. The van der Waals surface area contributed by atoms with Gasteiger partial charge in [-0.25, -0.2) is 5.43 Å². The summed E-state index contributed by atoms with van der Waals surface area (Å²) < 4.78 is 17.1. The number of carbonyl (C=O) groups is 1. The van der Waals surface area contributed by atoms with Crippen LogP contribution < -0.4 is 19.6 Å². The van der Waals surface area contributed by atoms with Crippen LogP contribution in [-0.4, -0.2) is 31.3 Å². The van der Waals surface area contributed by atoms with Crippen molar-refractivity contribution in [3.05, 3.63) is 91.9 Å². The molecule has 0 saturated carbocycles. The first kappa shape index (κ1) is 23.7. The Bertz CT molecular complexity index is 1180. The summed E-state index contributed by atoms with van der Waals surface area (Å²) in [7, 11) is 3.00. The molecule has 3 aromatic carbocycles. The van der Waals surface area contributed by atoms with Crippen molar-refractivity contribution >= 4 is 33.7 Å². The fourth-order valence-corrected chi connectivity index (χ4v) is 3.20. The van der Waals surface area contributed by atoms with Crippen LogP contribution in [0.2, 0.25) is 0 Å². The molecule has 1 N–H and O–H groups in total. The number of nitrogens with zero attached hydrogens (tertiary/aromatic N) is 2. The van der Waals surface area contributed by atoms with Gasteiger partial charge < -0.3 is 14.2 Å².